The third-order valence-corrected chi connectivity index (χ3v) is 5.15. The lowest BCUT2D eigenvalue weighted by Crippen LogP contribution is -2.32. The first-order valence-electron chi connectivity index (χ1n) is 9.60. The van der Waals surface area contributed by atoms with Crippen LogP contribution in [-0.2, 0) is 11.3 Å². The molecule has 2 heterocycles. The van der Waals surface area contributed by atoms with Crippen LogP contribution >= 0.6 is 0 Å². The van der Waals surface area contributed by atoms with Crippen molar-refractivity contribution in [2.75, 3.05) is 12.4 Å². The fourth-order valence-electron chi connectivity index (χ4n) is 3.83. The molecule has 0 fully saturated rings. The van der Waals surface area contributed by atoms with Crippen molar-refractivity contribution >= 4 is 17.4 Å². The van der Waals surface area contributed by atoms with Crippen LogP contribution in [0.15, 0.2) is 36.4 Å². The summed E-state index contributed by atoms with van der Waals surface area (Å²) in [6, 6.07) is 9.82. The van der Waals surface area contributed by atoms with Crippen molar-refractivity contribution in [3.05, 3.63) is 47.5 Å². The van der Waals surface area contributed by atoms with Gasteiger partial charge in [0.1, 0.15) is 11.5 Å². The highest BCUT2D eigenvalue weighted by molar-refractivity contribution is 5.91. The van der Waals surface area contributed by atoms with Gasteiger partial charge in [0.05, 0.1) is 18.6 Å². The van der Waals surface area contributed by atoms with Crippen LogP contribution in [0.2, 0.25) is 0 Å². The van der Waals surface area contributed by atoms with Crippen LogP contribution in [0.25, 0.3) is 16.8 Å². The number of hydrogen-bond acceptors (Lipinski definition) is 5. The number of rotatable bonds is 4. The van der Waals surface area contributed by atoms with Gasteiger partial charge in [0.15, 0.2) is 0 Å². The molecule has 2 aliphatic heterocycles. The highest BCUT2D eigenvalue weighted by Crippen LogP contribution is 2.45. The number of benzene rings is 2. The van der Waals surface area contributed by atoms with E-state index in [1.807, 2.05) is 26.0 Å². The van der Waals surface area contributed by atoms with E-state index in [0.29, 0.717) is 11.5 Å². The van der Waals surface area contributed by atoms with E-state index in [1.54, 1.807) is 13.2 Å². The number of ether oxygens (including phenoxy) is 2. The molecule has 0 radical (unpaired) electrons. The van der Waals surface area contributed by atoms with Crippen molar-refractivity contribution in [2.45, 2.75) is 39.8 Å². The lowest BCUT2D eigenvalue weighted by molar-refractivity contribution is -0.137. The van der Waals surface area contributed by atoms with Gasteiger partial charge in [-0.3, -0.25) is 4.79 Å². The topological polar surface area (TPSA) is 59.6 Å². The molecule has 5 heteroatoms. The zero-order valence-electron chi connectivity index (χ0n) is 17.0. The second-order valence-electron chi connectivity index (χ2n) is 8.21. The molecular formula is C23H26N2O3. The third kappa shape index (κ3) is 3.11. The van der Waals surface area contributed by atoms with Gasteiger partial charge in [0, 0.05) is 35.1 Å². The Morgan fingerprint density at radius 3 is 2.61 bits per heavy atom. The number of carbonyl (C=O) groups excluding carboxylic acids is 1. The van der Waals surface area contributed by atoms with Gasteiger partial charge in [0.2, 0.25) is 0 Å². The van der Waals surface area contributed by atoms with Crippen LogP contribution in [0.5, 0.6) is 11.5 Å². The quantitative estimate of drug-likeness (QED) is 0.603. The maximum absolute atomic E-state index is 11.9. The van der Waals surface area contributed by atoms with E-state index < -0.39 is 0 Å². The predicted molar refractivity (Wildman–Crippen MR) is 111 cm³/mol. The van der Waals surface area contributed by atoms with Crippen LogP contribution in [0, 0.1) is 5.92 Å². The van der Waals surface area contributed by atoms with Crippen LogP contribution in [0.3, 0.4) is 0 Å². The Balaban J connectivity index is 1.76. The summed E-state index contributed by atoms with van der Waals surface area (Å²) < 4.78 is 11.1. The van der Waals surface area contributed by atoms with Crippen LogP contribution < -0.4 is 20.1 Å². The largest absolute Gasteiger partial charge is 0.496 e. The first-order valence-corrected chi connectivity index (χ1v) is 9.60. The number of hydrogen-bond donors (Lipinski definition) is 2. The molecule has 2 aliphatic rings. The van der Waals surface area contributed by atoms with Gasteiger partial charge >= 0.3 is 5.97 Å². The van der Waals surface area contributed by atoms with Crippen LogP contribution in [0.1, 0.15) is 38.8 Å². The van der Waals surface area contributed by atoms with E-state index in [4.69, 9.17) is 9.47 Å². The Morgan fingerprint density at radius 2 is 1.89 bits per heavy atom. The fourth-order valence-corrected chi connectivity index (χ4v) is 3.83. The molecule has 28 heavy (non-hydrogen) atoms. The zero-order valence-corrected chi connectivity index (χ0v) is 17.0. The van der Waals surface area contributed by atoms with Crippen molar-refractivity contribution in [1.82, 2.24) is 5.32 Å². The molecule has 2 aromatic rings. The highest BCUT2D eigenvalue weighted by Gasteiger charge is 2.31. The summed E-state index contributed by atoms with van der Waals surface area (Å²) >= 11 is 0. The first-order chi connectivity index (χ1) is 13.3. The lowest BCUT2D eigenvalue weighted by Gasteiger charge is -2.31. The summed E-state index contributed by atoms with van der Waals surface area (Å²) in [5.74, 6) is 0.748. The molecule has 5 nitrogen and oxygen atoms in total. The van der Waals surface area contributed by atoms with Gasteiger partial charge in [-0.05, 0) is 49.2 Å². The summed E-state index contributed by atoms with van der Waals surface area (Å²) in [5, 5.41) is 7.12. The molecule has 4 rings (SSSR count). The average molecular weight is 378 g/mol. The minimum atomic E-state index is -0.255. The maximum Gasteiger partial charge on any atom is 0.313 e. The molecule has 0 saturated carbocycles. The highest BCUT2D eigenvalue weighted by atomic mass is 16.5. The maximum atomic E-state index is 11.9. The molecule has 0 aliphatic carbocycles. The zero-order chi connectivity index (χ0) is 20.1. The molecule has 0 amide bonds. The van der Waals surface area contributed by atoms with Crippen molar-refractivity contribution in [3.63, 3.8) is 0 Å². The molecular weight excluding hydrogens is 352 g/mol. The van der Waals surface area contributed by atoms with Crippen molar-refractivity contribution in [1.29, 1.82) is 0 Å². The lowest BCUT2D eigenvalue weighted by atomic mass is 9.89. The number of anilines is 1. The smallest absolute Gasteiger partial charge is 0.313 e. The summed E-state index contributed by atoms with van der Waals surface area (Å²) in [7, 11) is 1.64. The molecule has 0 spiro atoms. The van der Waals surface area contributed by atoms with Crippen molar-refractivity contribution in [3.8, 4) is 22.6 Å². The average Bonchev–Trinajstić information content (AvgIpc) is 3.05. The van der Waals surface area contributed by atoms with Crippen molar-refractivity contribution in [2.24, 2.45) is 5.92 Å². The normalized spacial score (nSPS) is 16.0. The minimum Gasteiger partial charge on any atom is -0.496 e. The van der Waals surface area contributed by atoms with Gasteiger partial charge in [0.25, 0.3) is 0 Å². The standard InChI is InChI=1S/C23H26N2O3/c1-13(2)22(26)28-14-6-7-16(20(10-14)27-5)15-8-9-18-21-17(15)12-24-19(21)11-23(3,4)25-18/h6-11,13,24-25H,12H2,1-5H3. The van der Waals surface area contributed by atoms with Gasteiger partial charge < -0.3 is 20.1 Å². The number of esters is 1. The van der Waals surface area contributed by atoms with E-state index in [9.17, 15) is 4.79 Å². The predicted octanol–water partition coefficient (Wildman–Crippen LogP) is 4.57. The number of carbonyl (C=O) groups is 1. The summed E-state index contributed by atoms with van der Waals surface area (Å²) in [6.07, 6.45) is 2.24. The summed E-state index contributed by atoms with van der Waals surface area (Å²) in [6.45, 7) is 8.73. The van der Waals surface area contributed by atoms with Crippen molar-refractivity contribution < 1.29 is 14.3 Å². The number of methoxy groups -OCH3 is 1. The molecule has 2 aromatic carbocycles. The summed E-state index contributed by atoms with van der Waals surface area (Å²) in [4.78, 5) is 11.9. The van der Waals surface area contributed by atoms with Crippen LogP contribution in [-0.4, -0.2) is 18.6 Å². The van der Waals surface area contributed by atoms with Gasteiger partial charge in [-0.15, -0.1) is 0 Å². The first kappa shape index (κ1) is 18.4. The Bertz CT molecular complexity index is 990. The van der Waals surface area contributed by atoms with Crippen LogP contribution in [0.4, 0.5) is 5.69 Å². The van der Waals surface area contributed by atoms with E-state index >= 15 is 0 Å². The molecule has 146 valence electrons. The Morgan fingerprint density at radius 1 is 1.14 bits per heavy atom. The second-order valence-corrected chi connectivity index (χ2v) is 8.21. The summed E-state index contributed by atoms with van der Waals surface area (Å²) in [5.41, 5.74) is 6.82. The minimum absolute atomic E-state index is 0.0852. The van der Waals surface area contributed by atoms with E-state index in [1.165, 1.54) is 16.8 Å². The third-order valence-electron chi connectivity index (χ3n) is 5.15. The molecule has 0 saturated heterocycles. The van der Waals surface area contributed by atoms with E-state index in [0.717, 1.165) is 23.4 Å². The van der Waals surface area contributed by atoms with Gasteiger partial charge in [-0.2, -0.15) is 0 Å². The molecule has 0 unspecified atom stereocenters. The molecule has 0 atom stereocenters. The monoisotopic (exact) mass is 378 g/mol. The molecule has 0 aromatic heterocycles. The Labute approximate surface area is 165 Å². The fraction of sp³-hybridized carbons (Fsp3) is 0.348. The van der Waals surface area contributed by atoms with E-state index in [2.05, 4.69) is 42.7 Å². The van der Waals surface area contributed by atoms with Gasteiger partial charge in [-0.25, -0.2) is 0 Å². The number of nitrogens with one attached hydrogen (secondary N) is 2. The second kappa shape index (κ2) is 6.59. The Hall–Kier alpha value is -2.95. The molecule has 2 N–H and O–H groups in total. The molecule has 0 bridgehead atoms. The van der Waals surface area contributed by atoms with Gasteiger partial charge in [-0.1, -0.05) is 19.9 Å². The van der Waals surface area contributed by atoms with E-state index in [-0.39, 0.29) is 17.4 Å². The SMILES string of the molecule is COc1cc(OC(=O)C(C)C)ccc1-c1ccc2c3c1CNC3=CC(C)(C)N2. The Kier molecular flexibility index (Phi) is 4.33.